The van der Waals surface area contributed by atoms with Crippen LogP contribution < -0.4 is 5.73 Å². The number of rotatable bonds is 4. The first-order chi connectivity index (χ1) is 7.81. The molecule has 1 aromatic rings. The van der Waals surface area contributed by atoms with Gasteiger partial charge < -0.3 is 15.4 Å². The van der Waals surface area contributed by atoms with Gasteiger partial charge in [-0.1, -0.05) is 11.6 Å². The molecule has 0 spiro atoms. The van der Waals surface area contributed by atoms with Gasteiger partial charge in [0, 0.05) is 18.8 Å². The zero-order valence-electron chi connectivity index (χ0n) is 8.84. The molecule has 1 aliphatic heterocycles. The van der Waals surface area contributed by atoms with E-state index in [4.69, 9.17) is 22.1 Å². The van der Waals surface area contributed by atoms with Crippen molar-refractivity contribution in [3.8, 4) is 0 Å². The smallest absolute Gasteiger partial charge is 0.172 e. The number of aromatic nitrogens is 1. The Balaban J connectivity index is 2.04. The Bertz CT molecular complexity index is 383. The highest BCUT2D eigenvalue weighted by molar-refractivity contribution is 6.31. The molecule has 1 unspecified atom stereocenters. The SMILES string of the molecule is NCCC1OC=CN1Cc1ncccc1Cl. The lowest BCUT2D eigenvalue weighted by molar-refractivity contribution is 0.0473. The van der Waals surface area contributed by atoms with Gasteiger partial charge in [0.05, 0.1) is 17.3 Å². The Morgan fingerprint density at radius 1 is 1.56 bits per heavy atom. The van der Waals surface area contributed by atoms with Crippen LogP contribution in [0.25, 0.3) is 0 Å². The molecule has 0 saturated heterocycles. The van der Waals surface area contributed by atoms with Gasteiger partial charge in [0.1, 0.15) is 6.26 Å². The molecule has 0 fully saturated rings. The number of hydrogen-bond acceptors (Lipinski definition) is 4. The van der Waals surface area contributed by atoms with E-state index in [0.29, 0.717) is 18.1 Å². The largest absolute Gasteiger partial charge is 0.477 e. The van der Waals surface area contributed by atoms with Gasteiger partial charge in [0.15, 0.2) is 6.23 Å². The van der Waals surface area contributed by atoms with Crippen molar-refractivity contribution >= 4 is 11.6 Å². The summed E-state index contributed by atoms with van der Waals surface area (Å²) in [5.41, 5.74) is 6.37. The maximum atomic E-state index is 6.05. The van der Waals surface area contributed by atoms with Gasteiger partial charge >= 0.3 is 0 Å². The molecule has 4 nitrogen and oxygen atoms in total. The summed E-state index contributed by atoms with van der Waals surface area (Å²) in [5.74, 6) is 0. The van der Waals surface area contributed by atoms with E-state index in [1.807, 2.05) is 23.2 Å². The molecule has 2 N–H and O–H groups in total. The number of hydrogen-bond donors (Lipinski definition) is 1. The van der Waals surface area contributed by atoms with Gasteiger partial charge in [-0.05, 0) is 18.7 Å². The maximum Gasteiger partial charge on any atom is 0.172 e. The third-order valence-corrected chi connectivity index (χ3v) is 2.78. The minimum absolute atomic E-state index is 0.00285. The molecular formula is C11H14ClN3O. The second-order valence-corrected chi connectivity index (χ2v) is 3.96. The first kappa shape index (κ1) is 11.2. The Hall–Kier alpha value is -1.26. The Morgan fingerprint density at radius 3 is 3.19 bits per heavy atom. The summed E-state index contributed by atoms with van der Waals surface area (Å²) in [6.07, 6.45) is 6.10. The highest BCUT2D eigenvalue weighted by Gasteiger charge is 2.20. The van der Waals surface area contributed by atoms with Crippen molar-refractivity contribution in [2.75, 3.05) is 6.54 Å². The molecular weight excluding hydrogens is 226 g/mol. The third-order valence-electron chi connectivity index (χ3n) is 2.44. The summed E-state index contributed by atoms with van der Waals surface area (Å²) >= 11 is 6.05. The van der Waals surface area contributed by atoms with E-state index in [1.54, 1.807) is 12.5 Å². The van der Waals surface area contributed by atoms with Crippen molar-refractivity contribution in [3.05, 3.63) is 41.5 Å². The van der Waals surface area contributed by atoms with Crippen LogP contribution in [0.15, 0.2) is 30.8 Å². The van der Waals surface area contributed by atoms with Crippen LogP contribution >= 0.6 is 11.6 Å². The topological polar surface area (TPSA) is 51.4 Å². The number of pyridine rings is 1. The Morgan fingerprint density at radius 2 is 2.44 bits per heavy atom. The van der Waals surface area contributed by atoms with E-state index in [2.05, 4.69) is 4.98 Å². The summed E-state index contributed by atoms with van der Waals surface area (Å²) in [5, 5.41) is 0.675. The number of nitrogens with zero attached hydrogens (tertiary/aromatic N) is 2. The molecule has 0 radical (unpaired) electrons. The zero-order valence-corrected chi connectivity index (χ0v) is 9.60. The molecule has 0 aromatic carbocycles. The van der Waals surface area contributed by atoms with Crippen LogP contribution in [0.4, 0.5) is 0 Å². The molecule has 0 saturated carbocycles. The summed E-state index contributed by atoms with van der Waals surface area (Å²) in [4.78, 5) is 6.28. The van der Waals surface area contributed by atoms with Crippen molar-refractivity contribution in [1.29, 1.82) is 0 Å². The van der Waals surface area contributed by atoms with Crippen molar-refractivity contribution in [3.63, 3.8) is 0 Å². The summed E-state index contributed by atoms with van der Waals surface area (Å²) in [6.45, 7) is 1.24. The highest BCUT2D eigenvalue weighted by Crippen LogP contribution is 2.20. The summed E-state index contributed by atoms with van der Waals surface area (Å²) < 4.78 is 5.41. The molecule has 16 heavy (non-hydrogen) atoms. The van der Waals surface area contributed by atoms with Crippen LogP contribution in [0.5, 0.6) is 0 Å². The van der Waals surface area contributed by atoms with Crippen molar-refractivity contribution in [2.45, 2.75) is 19.2 Å². The second-order valence-electron chi connectivity index (χ2n) is 3.56. The van der Waals surface area contributed by atoms with E-state index < -0.39 is 0 Å². The fraction of sp³-hybridized carbons (Fsp3) is 0.364. The fourth-order valence-electron chi connectivity index (χ4n) is 1.62. The summed E-state index contributed by atoms with van der Waals surface area (Å²) in [6, 6.07) is 3.65. The number of ether oxygens (including phenoxy) is 1. The molecule has 0 amide bonds. The molecule has 2 rings (SSSR count). The quantitative estimate of drug-likeness (QED) is 0.869. The lowest BCUT2D eigenvalue weighted by Crippen LogP contribution is -2.30. The minimum Gasteiger partial charge on any atom is -0.477 e. The lowest BCUT2D eigenvalue weighted by atomic mass is 10.3. The average Bonchev–Trinajstić information content (AvgIpc) is 2.70. The van der Waals surface area contributed by atoms with Gasteiger partial charge in [0.25, 0.3) is 0 Å². The van der Waals surface area contributed by atoms with Crippen molar-refractivity contribution in [2.24, 2.45) is 5.73 Å². The van der Waals surface area contributed by atoms with E-state index in [9.17, 15) is 0 Å². The fourth-order valence-corrected chi connectivity index (χ4v) is 1.80. The van der Waals surface area contributed by atoms with Gasteiger partial charge in [-0.2, -0.15) is 0 Å². The first-order valence-electron chi connectivity index (χ1n) is 5.18. The van der Waals surface area contributed by atoms with Gasteiger partial charge in [-0.3, -0.25) is 4.98 Å². The van der Waals surface area contributed by atoms with Crippen molar-refractivity contribution in [1.82, 2.24) is 9.88 Å². The molecule has 0 aliphatic carbocycles. The molecule has 86 valence electrons. The molecule has 1 atom stereocenters. The van der Waals surface area contributed by atoms with Gasteiger partial charge in [-0.15, -0.1) is 0 Å². The van der Waals surface area contributed by atoms with E-state index in [1.165, 1.54) is 0 Å². The molecule has 0 bridgehead atoms. The predicted octanol–water partition coefficient (Wildman–Crippen LogP) is 1.71. The van der Waals surface area contributed by atoms with Crippen LogP contribution in [0.3, 0.4) is 0 Å². The Kier molecular flexibility index (Phi) is 3.64. The van der Waals surface area contributed by atoms with Gasteiger partial charge in [-0.25, -0.2) is 0 Å². The Labute approximate surface area is 99.7 Å². The number of halogens is 1. The molecule has 5 heteroatoms. The normalized spacial score (nSPS) is 18.9. The van der Waals surface area contributed by atoms with E-state index in [-0.39, 0.29) is 6.23 Å². The maximum absolute atomic E-state index is 6.05. The third kappa shape index (κ3) is 2.46. The molecule has 1 aliphatic rings. The van der Waals surface area contributed by atoms with Crippen LogP contribution in [0.2, 0.25) is 5.02 Å². The van der Waals surface area contributed by atoms with Gasteiger partial charge in [0.2, 0.25) is 0 Å². The van der Waals surface area contributed by atoms with Crippen LogP contribution in [0.1, 0.15) is 12.1 Å². The standard InChI is InChI=1S/C11H14ClN3O/c12-9-2-1-5-14-10(9)8-15-6-7-16-11(15)3-4-13/h1-2,5-7,11H,3-4,8,13H2. The monoisotopic (exact) mass is 239 g/mol. The molecule has 2 heterocycles. The average molecular weight is 240 g/mol. The highest BCUT2D eigenvalue weighted by atomic mass is 35.5. The van der Waals surface area contributed by atoms with Crippen LogP contribution in [-0.2, 0) is 11.3 Å². The minimum atomic E-state index is 0.00285. The predicted molar refractivity (Wildman–Crippen MR) is 62.5 cm³/mol. The number of nitrogens with two attached hydrogens (primary N) is 1. The second kappa shape index (κ2) is 5.18. The lowest BCUT2D eigenvalue weighted by Gasteiger charge is -2.23. The molecule has 1 aromatic heterocycles. The first-order valence-corrected chi connectivity index (χ1v) is 5.56. The van der Waals surface area contributed by atoms with Crippen LogP contribution in [-0.4, -0.2) is 22.7 Å². The van der Waals surface area contributed by atoms with E-state index in [0.717, 1.165) is 12.1 Å². The van der Waals surface area contributed by atoms with Crippen molar-refractivity contribution < 1.29 is 4.74 Å². The zero-order chi connectivity index (χ0) is 11.4. The van der Waals surface area contributed by atoms with Crippen LogP contribution in [0, 0.1) is 0 Å². The summed E-state index contributed by atoms with van der Waals surface area (Å²) in [7, 11) is 0. The van der Waals surface area contributed by atoms with E-state index >= 15 is 0 Å².